The minimum atomic E-state index is -3.39. The first-order chi connectivity index (χ1) is 13.4. The second kappa shape index (κ2) is 9.07. The molecule has 5 nitrogen and oxygen atoms in total. The van der Waals surface area contributed by atoms with Gasteiger partial charge in [-0.2, -0.15) is 4.31 Å². The van der Waals surface area contributed by atoms with E-state index in [9.17, 15) is 13.2 Å². The van der Waals surface area contributed by atoms with Crippen LogP contribution in [0.4, 0.5) is 0 Å². The molecule has 0 spiro atoms. The number of amides is 1. The van der Waals surface area contributed by atoms with Gasteiger partial charge in [0.1, 0.15) is 0 Å². The van der Waals surface area contributed by atoms with Crippen LogP contribution >= 0.6 is 11.6 Å². The smallest absolute Gasteiger partial charge is 0.243 e. The summed E-state index contributed by atoms with van der Waals surface area (Å²) in [4.78, 5) is 12.5. The minimum absolute atomic E-state index is 0.0452. The quantitative estimate of drug-likeness (QED) is 0.737. The van der Waals surface area contributed by atoms with Crippen LogP contribution in [0.5, 0.6) is 0 Å². The van der Waals surface area contributed by atoms with E-state index in [0.717, 1.165) is 24.0 Å². The highest BCUT2D eigenvalue weighted by atomic mass is 35.5. The molecule has 1 N–H and O–H groups in total. The highest BCUT2D eigenvalue weighted by molar-refractivity contribution is 7.89. The molecule has 1 unspecified atom stereocenters. The number of aryl methyl sites for hydroxylation is 1. The van der Waals surface area contributed by atoms with Crippen molar-refractivity contribution < 1.29 is 13.2 Å². The number of hydrogen-bond donors (Lipinski definition) is 1. The summed E-state index contributed by atoms with van der Waals surface area (Å²) in [5.41, 5.74) is 1.93. The van der Waals surface area contributed by atoms with E-state index < -0.39 is 10.0 Å². The summed E-state index contributed by atoms with van der Waals surface area (Å²) in [6.45, 7) is 3.12. The van der Waals surface area contributed by atoms with Crippen molar-refractivity contribution in [3.05, 3.63) is 64.7 Å². The number of carbonyl (C=O) groups is 1. The van der Waals surface area contributed by atoms with E-state index in [-0.39, 0.29) is 11.9 Å². The molecule has 1 aliphatic rings. The first-order valence-electron chi connectivity index (χ1n) is 9.50. The number of halogens is 1. The molecular weight excluding hydrogens is 396 g/mol. The predicted octanol–water partition coefficient (Wildman–Crippen LogP) is 3.93. The largest absolute Gasteiger partial charge is 0.350 e. The standard InChI is InChI=1S/C21H25ClN2O3S/c1-16(18-7-9-19(22)10-8-18)23-21(25)13-6-17-4-11-20(12-5-17)28(26,27)24-14-2-3-15-24/h4-5,7-12,16H,2-3,6,13-15H2,1H3,(H,23,25). The van der Waals surface area contributed by atoms with Crippen molar-refractivity contribution >= 4 is 27.5 Å². The highest BCUT2D eigenvalue weighted by Gasteiger charge is 2.26. The van der Waals surface area contributed by atoms with Gasteiger partial charge in [-0.25, -0.2) is 8.42 Å². The maximum absolute atomic E-state index is 12.5. The Morgan fingerprint density at radius 2 is 1.68 bits per heavy atom. The van der Waals surface area contributed by atoms with E-state index in [1.807, 2.05) is 19.1 Å². The molecule has 150 valence electrons. The van der Waals surface area contributed by atoms with Crippen molar-refractivity contribution in [1.29, 1.82) is 0 Å². The van der Waals surface area contributed by atoms with Crippen molar-refractivity contribution in [2.24, 2.45) is 0 Å². The summed E-state index contributed by atoms with van der Waals surface area (Å²) >= 11 is 5.89. The lowest BCUT2D eigenvalue weighted by atomic mass is 10.1. The first-order valence-corrected chi connectivity index (χ1v) is 11.3. The second-order valence-electron chi connectivity index (χ2n) is 7.10. The molecule has 0 saturated carbocycles. The number of nitrogens with zero attached hydrogens (tertiary/aromatic N) is 1. The van der Waals surface area contributed by atoms with Gasteiger partial charge in [-0.05, 0) is 61.6 Å². The van der Waals surface area contributed by atoms with Crippen LogP contribution in [0.15, 0.2) is 53.4 Å². The van der Waals surface area contributed by atoms with Gasteiger partial charge in [0.2, 0.25) is 15.9 Å². The summed E-state index contributed by atoms with van der Waals surface area (Å²) in [5, 5.41) is 3.64. The van der Waals surface area contributed by atoms with Crippen LogP contribution in [0.25, 0.3) is 0 Å². The Morgan fingerprint density at radius 1 is 1.07 bits per heavy atom. The van der Waals surface area contributed by atoms with Crippen molar-refractivity contribution in [2.75, 3.05) is 13.1 Å². The molecular formula is C21H25ClN2O3S. The summed E-state index contributed by atoms with van der Waals surface area (Å²) in [6.07, 6.45) is 2.74. The van der Waals surface area contributed by atoms with Crippen LogP contribution in [0.1, 0.15) is 43.4 Å². The van der Waals surface area contributed by atoms with Gasteiger partial charge in [-0.3, -0.25) is 4.79 Å². The van der Waals surface area contributed by atoms with Crippen LogP contribution in [-0.4, -0.2) is 31.7 Å². The number of sulfonamides is 1. The fourth-order valence-corrected chi connectivity index (χ4v) is 4.96. The molecule has 0 aromatic heterocycles. The molecule has 2 aromatic rings. The molecule has 1 heterocycles. The topological polar surface area (TPSA) is 66.5 Å². The Bertz CT molecular complexity index is 906. The van der Waals surface area contributed by atoms with Crippen molar-refractivity contribution in [2.45, 2.75) is 43.5 Å². The molecule has 1 saturated heterocycles. The predicted molar refractivity (Wildman–Crippen MR) is 111 cm³/mol. The highest BCUT2D eigenvalue weighted by Crippen LogP contribution is 2.21. The minimum Gasteiger partial charge on any atom is -0.350 e. The Labute approximate surface area is 171 Å². The molecule has 0 aliphatic carbocycles. The van der Waals surface area contributed by atoms with E-state index in [1.165, 1.54) is 4.31 Å². The molecule has 28 heavy (non-hydrogen) atoms. The summed E-state index contributed by atoms with van der Waals surface area (Å²) in [5.74, 6) is -0.0452. The molecule has 2 aromatic carbocycles. The zero-order chi connectivity index (χ0) is 20.1. The molecule has 7 heteroatoms. The van der Waals surface area contributed by atoms with Crippen molar-refractivity contribution in [3.63, 3.8) is 0 Å². The number of carbonyl (C=O) groups excluding carboxylic acids is 1. The molecule has 0 radical (unpaired) electrons. The van der Waals surface area contributed by atoms with Gasteiger partial charge in [0, 0.05) is 24.5 Å². The van der Waals surface area contributed by atoms with Crippen molar-refractivity contribution in [3.8, 4) is 0 Å². The summed E-state index contributed by atoms with van der Waals surface area (Å²) in [6, 6.07) is 14.2. The van der Waals surface area contributed by atoms with Crippen LogP contribution in [-0.2, 0) is 21.2 Å². The lowest BCUT2D eigenvalue weighted by molar-refractivity contribution is -0.121. The molecule has 0 bridgehead atoms. The van der Waals surface area contributed by atoms with Gasteiger partial charge < -0.3 is 5.32 Å². The third-order valence-corrected chi connectivity index (χ3v) is 7.18. The van der Waals surface area contributed by atoms with Crippen LogP contribution in [0, 0.1) is 0 Å². The van der Waals surface area contributed by atoms with E-state index in [1.54, 1.807) is 36.4 Å². The van der Waals surface area contributed by atoms with Crippen LogP contribution < -0.4 is 5.32 Å². The van der Waals surface area contributed by atoms with Gasteiger partial charge >= 0.3 is 0 Å². The van der Waals surface area contributed by atoms with E-state index >= 15 is 0 Å². The first kappa shape index (κ1) is 20.8. The number of rotatable bonds is 7. The lowest BCUT2D eigenvalue weighted by Gasteiger charge is -2.16. The second-order valence-corrected chi connectivity index (χ2v) is 9.47. The molecule has 3 rings (SSSR count). The average Bonchev–Trinajstić information content (AvgIpc) is 3.23. The zero-order valence-electron chi connectivity index (χ0n) is 15.9. The maximum Gasteiger partial charge on any atom is 0.243 e. The van der Waals surface area contributed by atoms with Gasteiger partial charge in [-0.1, -0.05) is 35.9 Å². The number of hydrogen-bond acceptors (Lipinski definition) is 3. The Kier molecular flexibility index (Phi) is 6.75. The van der Waals surface area contributed by atoms with Gasteiger partial charge in [0.05, 0.1) is 10.9 Å². The van der Waals surface area contributed by atoms with E-state index in [0.29, 0.717) is 35.8 Å². The van der Waals surface area contributed by atoms with Gasteiger partial charge in [0.15, 0.2) is 0 Å². The third-order valence-electron chi connectivity index (χ3n) is 5.01. The monoisotopic (exact) mass is 420 g/mol. The zero-order valence-corrected chi connectivity index (χ0v) is 17.5. The van der Waals surface area contributed by atoms with Gasteiger partial charge in [0.25, 0.3) is 0 Å². The fourth-order valence-electron chi connectivity index (χ4n) is 3.31. The molecule has 1 atom stereocenters. The maximum atomic E-state index is 12.5. The lowest BCUT2D eigenvalue weighted by Crippen LogP contribution is -2.27. The van der Waals surface area contributed by atoms with E-state index in [2.05, 4.69) is 5.32 Å². The number of nitrogens with one attached hydrogen (secondary N) is 1. The Hall–Kier alpha value is -1.89. The third kappa shape index (κ3) is 5.13. The molecule has 1 amide bonds. The molecule has 1 aliphatic heterocycles. The van der Waals surface area contributed by atoms with Gasteiger partial charge in [-0.15, -0.1) is 0 Å². The fraction of sp³-hybridized carbons (Fsp3) is 0.381. The normalized spacial score (nSPS) is 16.1. The summed E-state index contributed by atoms with van der Waals surface area (Å²) < 4.78 is 26.6. The van der Waals surface area contributed by atoms with E-state index in [4.69, 9.17) is 11.6 Å². The van der Waals surface area contributed by atoms with Crippen molar-refractivity contribution in [1.82, 2.24) is 9.62 Å². The van der Waals surface area contributed by atoms with Crippen LogP contribution in [0.2, 0.25) is 5.02 Å². The Morgan fingerprint density at radius 3 is 2.29 bits per heavy atom. The average molecular weight is 421 g/mol. The number of benzene rings is 2. The molecule has 1 fully saturated rings. The van der Waals surface area contributed by atoms with Crippen LogP contribution in [0.3, 0.4) is 0 Å². The summed E-state index contributed by atoms with van der Waals surface area (Å²) in [7, 11) is -3.39. The Balaban J connectivity index is 1.53. The SMILES string of the molecule is CC(NC(=O)CCc1ccc(S(=O)(=O)N2CCCC2)cc1)c1ccc(Cl)cc1.